The molecular formula is C27H23N3O3. The van der Waals surface area contributed by atoms with E-state index in [4.69, 9.17) is 4.74 Å². The van der Waals surface area contributed by atoms with Crippen molar-refractivity contribution in [2.75, 3.05) is 5.32 Å². The van der Waals surface area contributed by atoms with Gasteiger partial charge in [-0.3, -0.25) is 9.59 Å². The Morgan fingerprint density at radius 3 is 2.27 bits per heavy atom. The molecule has 2 N–H and O–H groups in total. The molecule has 4 aromatic carbocycles. The highest BCUT2D eigenvalue weighted by molar-refractivity contribution is 6.05. The van der Waals surface area contributed by atoms with Gasteiger partial charge in [0.1, 0.15) is 18.8 Å². The Morgan fingerprint density at radius 1 is 0.788 bits per heavy atom. The van der Waals surface area contributed by atoms with Crippen LogP contribution in [-0.4, -0.2) is 18.0 Å². The molecular weight excluding hydrogens is 414 g/mol. The predicted octanol–water partition coefficient (Wildman–Crippen LogP) is 4.90. The summed E-state index contributed by atoms with van der Waals surface area (Å²) >= 11 is 0. The Morgan fingerprint density at radius 2 is 1.48 bits per heavy atom. The van der Waals surface area contributed by atoms with Crippen molar-refractivity contribution < 1.29 is 14.3 Å². The Hall–Kier alpha value is -4.45. The van der Waals surface area contributed by atoms with Crippen molar-refractivity contribution in [3.05, 3.63) is 108 Å². The number of hydrogen-bond acceptors (Lipinski definition) is 4. The molecule has 0 aliphatic heterocycles. The van der Waals surface area contributed by atoms with Crippen LogP contribution >= 0.6 is 0 Å². The van der Waals surface area contributed by atoms with Crippen molar-refractivity contribution in [1.29, 1.82) is 0 Å². The molecule has 0 saturated carbocycles. The number of nitrogens with zero attached hydrogens (tertiary/aromatic N) is 1. The molecule has 0 atom stereocenters. The topological polar surface area (TPSA) is 79.8 Å². The largest absolute Gasteiger partial charge is 0.488 e. The minimum Gasteiger partial charge on any atom is -0.488 e. The van der Waals surface area contributed by atoms with E-state index in [1.165, 1.54) is 0 Å². The van der Waals surface area contributed by atoms with Crippen LogP contribution in [0.5, 0.6) is 5.75 Å². The summed E-state index contributed by atoms with van der Waals surface area (Å²) in [7, 11) is 0. The number of rotatable bonds is 8. The first kappa shape index (κ1) is 21.8. The van der Waals surface area contributed by atoms with Gasteiger partial charge in [-0.1, -0.05) is 78.9 Å². The molecule has 0 fully saturated rings. The Labute approximate surface area is 191 Å². The number of nitrogens with one attached hydrogen (secondary N) is 2. The van der Waals surface area contributed by atoms with E-state index < -0.39 is 11.8 Å². The number of amides is 2. The number of hydrogen-bond donors (Lipinski definition) is 2. The quantitative estimate of drug-likeness (QED) is 0.234. The molecule has 0 spiro atoms. The molecule has 4 rings (SSSR count). The van der Waals surface area contributed by atoms with Gasteiger partial charge in [-0.05, 0) is 34.5 Å². The van der Waals surface area contributed by atoms with Crippen molar-refractivity contribution in [3.63, 3.8) is 0 Å². The lowest BCUT2D eigenvalue weighted by Gasteiger charge is -2.12. The van der Waals surface area contributed by atoms with E-state index in [9.17, 15) is 9.59 Å². The van der Waals surface area contributed by atoms with E-state index in [0.29, 0.717) is 18.0 Å². The molecule has 6 heteroatoms. The summed E-state index contributed by atoms with van der Waals surface area (Å²) < 4.78 is 6.05. The average Bonchev–Trinajstić information content (AvgIpc) is 2.84. The molecule has 0 heterocycles. The average molecular weight is 437 g/mol. The second-order valence-corrected chi connectivity index (χ2v) is 7.36. The molecule has 0 aromatic heterocycles. The first-order valence-electron chi connectivity index (χ1n) is 10.5. The van der Waals surface area contributed by atoms with E-state index in [2.05, 4.69) is 15.8 Å². The van der Waals surface area contributed by atoms with Crippen LogP contribution in [0.2, 0.25) is 0 Å². The lowest BCUT2D eigenvalue weighted by atomic mass is 10.0. The molecule has 0 aliphatic carbocycles. The number of para-hydroxylation sites is 1. The highest BCUT2D eigenvalue weighted by Crippen LogP contribution is 2.27. The summed E-state index contributed by atoms with van der Waals surface area (Å²) in [4.78, 5) is 24.2. The summed E-state index contributed by atoms with van der Waals surface area (Å²) in [5.74, 6) is -0.269. The van der Waals surface area contributed by atoms with Gasteiger partial charge in [-0.15, -0.1) is 0 Å². The van der Waals surface area contributed by atoms with Crippen molar-refractivity contribution in [3.8, 4) is 5.75 Å². The third-order valence-corrected chi connectivity index (χ3v) is 4.93. The maximum absolute atomic E-state index is 12.2. The standard InChI is InChI=1S/C27H23N3O3/c31-26(29-22-12-5-2-6-13-22)17-27(32)30-28-18-24-23-14-8-7-11-21(23)15-16-25(24)33-19-20-9-3-1-4-10-20/h1-16,18H,17,19H2,(H,29,31)(H,30,32). The zero-order valence-corrected chi connectivity index (χ0v) is 17.9. The molecule has 0 bridgehead atoms. The van der Waals surface area contributed by atoms with Crippen LogP contribution in [0.3, 0.4) is 0 Å². The number of carbonyl (C=O) groups excluding carboxylic acids is 2. The van der Waals surface area contributed by atoms with Gasteiger partial charge in [0, 0.05) is 11.3 Å². The fraction of sp³-hybridized carbons (Fsp3) is 0.0741. The number of ether oxygens (including phenoxy) is 1. The van der Waals surface area contributed by atoms with Gasteiger partial charge in [0.25, 0.3) is 0 Å². The lowest BCUT2D eigenvalue weighted by molar-refractivity contribution is -0.126. The van der Waals surface area contributed by atoms with Crippen LogP contribution in [0.4, 0.5) is 5.69 Å². The van der Waals surface area contributed by atoms with Crippen LogP contribution in [0.15, 0.2) is 102 Å². The molecule has 4 aromatic rings. The third-order valence-electron chi connectivity index (χ3n) is 4.93. The second kappa shape index (κ2) is 10.7. The van der Waals surface area contributed by atoms with Crippen molar-refractivity contribution in [2.24, 2.45) is 5.10 Å². The van der Waals surface area contributed by atoms with Gasteiger partial charge in [0.05, 0.1) is 6.21 Å². The van der Waals surface area contributed by atoms with Crippen LogP contribution in [0.1, 0.15) is 17.5 Å². The molecule has 6 nitrogen and oxygen atoms in total. The molecule has 164 valence electrons. The van der Waals surface area contributed by atoms with Crippen LogP contribution in [0, 0.1) is 0 Å². The molecule has 0 aliphatic rings. The highest BCUT2D eigenvalue weighted by Gasteiger charge is 2.10. The maximum Gasteiger partial charge on any atom is 0.249 e. The zero-order valence-electron chi connectivity index (χ0n) is 17.9. The summed E-state index contributed by atoms with van der Waals surface area (Å²) in [6.07, 6.45) is 1.22. The smallest absolute Gasteiger partial charge is 0.249 e. The maximum atomic E-state index is 12.2. The fourth-order valence-corrected chi connectivity index (χ4v) is 3.35. The van der Waals surface area contributed by atoms with E-state index >= 15 is 0 Å². The van der Waals surface area contributed by atoms with Gasteiger partial charge < -0.3 is 10.1 Å². The predicted molar refractivity (Wildman–Crippen MR) is 130 cm³/mol. The number of anilines is 1. The molecule has 2 amide bonds. The first-order valence-corrected chi connectivity index (χ1v) is 10.5. The first-order chi connectivity index (χ1) is 16.2. The normalized spacial score (nSPS) is 10.8. The summed E-state index contributed by atoms with van der Waals surface area (Å²) in [5, 5.41) is 8.73. The van der Waals surface area contributed by atoms with E-state index in [1.54, 1.807) is 18.3 Å². The minimum atomic E-state index is -0.508. The van der Waals surface area contributed by atoms with Crippen molar-refractivity contribution >= 4 is 34.5 Å². The minimum absolute atomic E-state index is 0.334. The molecule has 0 saturated heterocycles. The van der Waals surface area contributed by atoms with Gasteiger partial charge in [-0.2, -0.15) is 5.10 Å². The van der Waals surface area contributed by atoms with E-state index in [1.807, 2.05) is 84.9 Å². The van der Waals surface area contributed by atoms with Crippen molar-refractivity contribution in [1.82, 2.24) is 5.43 Å². The summed E-state index contributed by atoms with van der Waals surface area (Å²) in [6.45, 7) is 0.409. The van der Waals surface area contributed by atoms with E-state index in [-0.39, 0.29) is 6.42 Å². The third kappa shape index (κ3) is 6.04. The summed E-state index contributed by atoms with van der Waals surface area (Å²) in [5.41, 5.74) is 4.86. The van der Waals surface area contributed by atoms with Gasteiger partial charge in [-0.25, -0.2) is 5.43 Å². The number of fused-ring (bicyclic) bond motifs is 1. The van der Waals surface area contributed by atoms with Crippen LogP contribution in [0.25, 0.3) is 10.8 Å². The SMILES string of the molecule is O=C(CC(=O)Nc1ccccc1)NN=Cc1c(OCc2ccccc2)ccc2ccccc12. The molecule has 0 unspecified atom stereocenters. The Balaban J connectivity index is 1.44. The van der Waals surface area contributed by atoms with Gasteiger partial charge in [0.15, 0.2) is 0 Å². The van der Waals surface area contributed by atoms with Crippen molar-refractivity contribution in [2.45, 2.75) is 13.0 Å². The van der Waals surface area contributed by atoms with Gasteiger partial charge in [0.2, 0.25) is 11.8 Å². The number of hydrazone groups is 1. The lowest BCUT2D eigenvalue weighted by Crippen LogP contribution is -2.24. The monoisotopic (exact) mass is 437 g/mol. The Bertz CT molecular complexity index is 1270. The van der Waals surface area contributed by atoms with Crippen LogP contribution < -0.4 is 15.5 Å². The van der Waals surface area contributed by atoms with Crippen LogP contribution in [-0.2, 0) is 16.2 Å². The van der Waals surface area contributed by atoms with E-state index in [0.717, 1.165) is 21.9 Å². The molecule has 0 radical (unpaired) electrons. The van der Waals surface area contributed by atoms with Gasteiger partial charge >= 0.3 is 0 Å². The Kier molecular flexibility index (Phi) is 7.08. The molecule has 33 heavy (non-hydrogen) atoms. The number of carbonyl (C=O) groups is 2. The highest BCUT2D eigenvalue weighted by atomic mass is 16.5. The fourth-order valence-electron chi connectivity index (χ4n) is 3.35. The second-order valence-electron chi connectivity index (χ2n) is 7.36. The number of benzene rings is 4. The zero-order chi connectivity index (χ0) is 22.9. The summed E-state index contributed by atoms with van der Waals surface area (Å²) in [6, 6.07) is 30.6.